The fraction of sp³-hybridized carbons (Fsp3) is 0.143. The molecule has 136 valence electrons. The highest BCUT2D eigenvalue weighted by atomic mass is 79.9. The lowest BCUT2D eigenvalue weighted by Gasteiger charge is -2.14. The highest BCUT2D eigenvalue weighted by Gasteiger charge is 2.34. The number of alkyl halides is 3. The first-order chi connectivity index (χ1) is 11.5. The van der Waals surface area contributed by atoms with Gasteiger partial charge in [0.2, 0.25) is 10.0 Å². The van der Waals surface area contributed by atoms with Crippen molar-refractivity contribution in [3.05, 3.63) is 56.5 Å². The molecule has 0 fully saturated rings. The number of halogens is 6. The summed E-state index contributed by atoms with van der Waals surface area (Å²) in [5.41, 5.74) is 0.480. The Morgan fingerprint density at radius 2 is 1.76 bits per heavy atom. The third-order valence-electron chi connectivity index (χ3n) is 2.87. The van der Waals surface area contributed by atoms with E-state index in [-0.39, 0.29) is 16.0 Å². The van der Waals surface area contributed by atoms with Gasteiger partial charge in [-0.25, -0.2) is 13.1 Å². The van der Waals surface area contributed by atoms with Crippen molar-refractivity contribution < 1.29 is 26.3 Å². The number of benzene rings is 2. The molecule has 0 radical (unpaired) electrons. The monoisotopic (exact) mass is 477 g/mol. The molecule has 0 bridgehead atoms. The number of sulfonamides is 1. The first kappa shape index (κ1) is 20.3. The summed E-state index contributed by atoms with van der Waals surface area (Å²) in [6.45, 7) is -0.194. The molecule has 0 aliphatic carbocycles. The third kappa shape index (κ3) is 5.75. The summed E-state index contributed by atoms with van der Waals surface area (Å²) in [5, 5.41) is 0.519. The second-order valence-electron chi connectivity index (χ2n) is 4.71. The first-order valence-electron chi connectivity index (χ1n) is 6.47. The van der Waals surface area contributed by atoms with Crippen LogP contribution in [0.2, 0.25) is 10.0 Å². The Kier molecular flexibility index (Phi) is 6.26. The summed E-state index contributed by atoms with van der Waals surface area (Å²) in [6, 6.07) is 7.67. The number of hydrogen-bond acceptors (Lipinski definition) is 3. The van der Waals surface area contributed by atoms with E-state index in [0.717, 1.165) is 12.1 Å². The van der Waals surface area contributed by atoms with Gasteiger partial charge in [-0.3, -0.25) is 0 Å². The summed E-state index contributed by atoms with van der Waals surface area (Å²) in [6.07, 6.45) is -5.03. The quantitative estimate of drug-likeness (QED) is 0.647. The molecule has 2 aromatic rings. The Hall–Kier alpha value is -1.00. The molecule has 0 aliphatic rings. The van der Waals surface area contributed by atoms with E-state index < -0.39 is 27.0 Å². The summed E-state index contributed by atoms with van der Waals surface area (Å²) >= 11 is 14.6. The van der Waals surface area contributed by atoms with Crippen LogP contribution in [0, 0.1) is 0 Å². The van der Waals surface area contributed by atoms with Gasteiger partial charge >= 0.3 is 6.36 Å². The lowest BCUT2D eigenvalue weighted by atomic mass is 10.2. The van der Waals surface area contributed by atoms with Crippen molar-refractivity contribution in [2.45, 2.75) is 17.8 Å². The maximum absolute atomic E-state index is 12.5. The van der Waals surface area contributed by atoms with Crippen molar-refractivity contribution in [1.29, 1.82) is 0 Å². The smallest absolute Gasteiger partial charge is 0.404 e. The molecule has 0 spiro atoms. The van der Waals surface area contributed by atoms with Crippen molar-refractivity contribution in [2.24, 2.45) is 0 Å². The molecule has 0 heterocycles. The van der Waals surface area contributed by atoms with Crippen LogP contribution in [0.5, 0.6) is 5.75 Å². The zero-order chi connectivity index (χ0) is 18.8. The topological polar surface area (TPSA) is 55.4 Å². The highest BCUT2D eigenvalue weighted by Crippen LogP contribution is 2.32. The number of hydrogen-bond donors (Lipinski definition) is 1. The zero-order valence-electron chi connectivity index (χ0n) is 12.1. The molecular weight excluding hydrogens is 470 g/mol. The Labute approximate surface area is 160 Å². The minimum absolute atomic E-state index is 0.194. The van der Waals surface area contributed by atoms with Gasteiger partial charge < -0.3 is 4.74 Å². The third-order valence-corrected chi connectivity index (χ3v) is 5.54. The predicted molar refractivity (Wildman–Crippen MR) is 91.3 cm³/mol. The Morgan fingerprint density at radius 3 is 2.36 bits per heavy atom. The summed E-state index contributed by atoms with van der Waals surface area (Å²) in [5.74, 6) is -0.844. The van der Waals surface area contributed by atoms with E-state index in [1.165, 1.54) is 24.3 Å². The van der Waals surface area contributed by atoms with Crippen LogP contribution in [-0.4, -0.2) is 14.8 Å². The van der Waals surface area contributed by atoms with Crippen molar-refractivity contribution in [3.8, 4) is 5.75 Å². The summed E-state index contributed by atoms with van der Waals surface area (Å²) in [4.78, 5) is -0.645. The maximum Gasteiger partial charge on any atom is 0.573 e. The molecule has 25 heavy (non-hydrogen) atoms. The molecule has 2 aromatic carbocycles. The van der Waals surface area contributed by atoms with E-state index in [9.17, 15) is 21.6 Å². The van der Waals surface area contributed by atoms with E-state index in [4.69, 9.17) is 23.2 Å². The molecule has 0 unspecified atom stereocenters. The van der Waals surface area contributed by atoms with Crippen LogP contribution in [0.3, 0.4) is 0 Å². The van der Waals surface area contributed by atoms with E-state index >= 15 is 0 Å². The van der Waals surface area contributed by atoms with Gasteiger partial charge in [-0.15, -0.1) is 13.2 Å². The highest BCUT2D eigenvalue weighted by molar-refractivity contribution is 9.10. The number of nitrogens with one attached hydrogen (secondary N) is 1. The van der Waals surface area contributed by atoms with Crippen LogP contribution < -0.4 is 9.46 Å². The van der Waals surface area contributed by atoms with Crippen LogP contribution >= 0.6 is 39.1 Å². The minimum Gasteiger partial charge on any atom is -0.404 e. The van der Waals surface area contributed by atoms with Gasteiger partial charge in [0.25, 0.3) is 0 Å². The van der Waals surface area contributed by atoms with E-state index in [1.54, 1.807) is 0 Å². The normalized spacial score (nSPS) is 12.2. The van der Waals surface area contributed by atoms with Crippen molar-refractivity contribution >= 4 is 49.2 Å². The molecule has 0 saturated carbocycles. The molecule has 0 saturated heterocycles. The predicted octanol–water partition coefficient (Wildman–Crippen LogP) is 5.13. The Bertz CT molecular complexity index is 891. The van der Waals surface area contributed by atoms with Gasteiger partial charge in [-0.05, 0) is 35.9 Å². The van der Waals surface area contributed by atoms with Gasteiger partial charge in [0, 0.05) is 11.0 Å². The van der Waals surface area contributed by atoms with E-state index in [0.29, 0.717) is 10.6 Å². The molecular formula is C14H9BrCl2F3NO3S. The lowest BCUT2D eigenvalue weighted by molar-refractivity contribution is -0.275. The van der Waals surface area contributed by atoms with E-state index in [1.807, 2.05) is 0 Å². The van der Waals surface area contributed by atoms with Crippen LogP contribution in [-0.2, 0) is 16.6 Å². The second kappa shape index (κ2) is 7.71. The second-order valence-corrected chi connectivity index (χ2v) is 8.18. The minimum atomic E-state index is -5.03. The average Bonchev–Trinajstić information content (AvgIpc) is 2.46. The van der Waals surface area contributed by atoms with Crippen LogP contribution in [0.15, 0.2) is 45.8 Å². The maximum atomic E-state index is 12.5. The molecule has 4 nitrogen and oxygen atoms in total. The summed E-state index contributed by atoms with van der Waals surface area (Å²) < 4.78 is 68.4. The van der Waals surface area contributed by atoms with Crippen molar-refractivity contribution in [1.82, 2.24) is 4.72 Å². The largest absolute Gasteiger partial charge is 0.573 e. The zero-order valence-corrected chi connectivity index (χ0v) is 16.0. The fourth-order valence-corrected chi connectivity index (χ4v) is 3.60. The standard InChI is InChI=1S/C14H9BrCl2F3NO3S/c15-9-2-4-13(12(6-9)24-14(18,19)20)25(22,23)21-7-8-1-3-10(16)11(17)5-8/h1-6,21H,7H2. The number of ether oxygens (including phenoxy) is 1. The lowest BCUT2D eigenvalue weighted by Crippen LogP contribution is -2.25. The van der Waals surface area contributed by atoms with Crippen LogP contribution in [0.1, 0.15) is 5.56 Å². The fourth-order valence-electron chi connectivity index (χ4n) is 1.81. The van der Waals surface area contributed by atoms with Gasteiger partial charge in [0.15, 0.2) is 5.75 Å². The van der Waals surface area contributed by atoms with Gasteiger partial charge in [-0.1, -0.05) is 45.2 Å². The van der Waals surface area contributed by atoms with Gasteiger partial charge in [0.1, 0.15) is 4.90 Å². The van der Waals surface area contributed by atoms with Crippen LogP contribution in [0.4, 0.5) is 13.2 Å². The Balaban J connectivity index is 2.28. The molecule has 0 aliphatic heterocycles. The molecule has 0 aromatic heterocycles. The van der Waals surface area contributed by atoms with Gasteiger partial charge in [-0.2, -0.15) is 0 Å². The molecule has 11 heteroatoms. The number of rotatable bonds is 5. The molecule has 0 amide bonds. The average molecular weight is 479 g/mol. The molecule has 2 rings (SSSR count). The van der Waals surface area contributed by atoms with Crippen molar-refractivity contribution in [2.75, 3.05) is 0 Å². The SMILES string of the molecule is O=S(=O)(NCc1ccc(Cl)c(Cl)c1)c1ccc(Br)cc1OC(F)(F)F. The van der Waals surface area contributed by atoms with Gasteiger partial charge in [0.05, 0.1) is 10.0 Å². The van der Waals surface area contributed by atoms with E-state index in [2.05, 4.69) is 25.4 Å². The Morgan fingerprint density at radius 1 is 1.08 bits per heavy atom. The molecule has 0 atom stereocenters. The van der Waals surface area contributed by atoms with Crippen LogP contribution in [0.25, 0.3) is 0 Å². The van der Waals surface area contributed by atoms with Crippen molar-refractivity contribution in [3.63, 3.8) is 0 Å². The molecule has 1 N–H and O–H groups in total. The first-order valence-corrected chi connectivity index (χ1v) is 9.50. The summed E-state index contributed by atoms with van der Waals surface area (Å²) in [7, 11) is -4.27.